The molecule has 28 heavy (non-hydrogen) atoms. The zero-order chi connectivity index (χ0) is 20.1. The van der Waals surface area contributed by atoms with Crippen molar-refractivity contribution in [1.29, 1.82) is 0 Å². The first-order valence-corrected chi connectivity index (χ1v) is 8.65. The third-order valence-electron chi connectivity index (χ3n) is 4.03. The number of nitrogens with two attached hydrogens (primary N) is 1. The molecule has 144 valence electrons. The zero-order valence-corrected chi connectivity index (χ0v) is 15.2. The van der Waals surface area contributed by atoms with E-state index in [1.54, 1.807) is 6.92 Å². The molecule has 0 fully saturated rings. The molecule has 1 unspecified atom stereocenters. The van der Waals surface area contributed by atoms with Crippen molar-refractivity contribution in [1.82, 2.24) is 15.3 Å². The fourth-order valence-electron chi connectivity index (χ4n) is 2.63. The number of nitrogens with one attached hydrogen (secondary N) is 3. The van der Waals surface area contributed by atoms with Gasteiger partial charge in [0.1, 0.15) is 23.7 Å². The fraction of sp³-hybridized carbons (Fsp3) is 0.150. The highest BCUT2D eigenvalue weighted by atomic mass is 16.5. The number of carbonyl (C=O) groups excluding carboxylic acids is 1. The molecule has 8 nitrogen and oxygen atoms in total. The summed E-state index contributed by atoms with van der Waals surface area (Å²) in [7, 11) is 0. The Labute approximate surface area is 160 Å². The second-order valence-electron chi connectivity index (χ2n) is 6.28. The van der Waals surface area contributed by atoms with Crippen LogP contribution in [0, 0.1) is 0 Å². The van der Waals surface area contributed by atoms with E-state index in [0.717, 1.165) is 11.1 Å². The summed E-state index contributed by atoms with van der Waals surface area (Å²) in [6.07, 6.45) is 0. The summed E-state index contributed by atoms with van der Waals surface area (Å²) in [6.45, 7) is 1.93. The second-order valence-corrected chi connectivity index (χ2v) is 6.28. The third kappa shape index (κ3) is 4.47. The summed E-state index contributed by atoms with van der Waals surface area (Å²) < 4.78 is 5.76. The minimum absolute atomic E-state index is 0.192. The Bertz CT molecular complexity index is 1090. The number of H-pyrrole nitrogens is 2. The van der Waals surface area contributed by atoms with Gasteiger partial charge in [0.15, 0.2) is 0 Å². The summed E-state index contributed by atoms with van der Waals surface area (Å²) in [4.78, 5) is 39.3. The lowest BCUT2D eigenvalue weighted by Crippen LogP contribution is -2.40. The molecular weight excluding hydrogens is 360 g/mol. The first kappa shape index (κ1) is 19.0. The van der Waals surface area contributed by atoms with Crippen molar-refractivity contribution in [2.45, 2.75) is 13.0 Å². The van der Waals surface area contributed by atoms with Crippen LogP contribution in [0.1, 0.15) is 17.4 Å². The van der Waals surface area contributed by atoms with Crippen molar-refractivity contribution in [3.63, 3.8) is 0 Å². The molecule has 0 aliphatic carbocycles. The molecule has 0 radical (unpaired) electrons. The first-order valence-electron chi connectivity index (χ1n) is 8.65. The smallest absolute Gasteiger partial charge is 0.326 e. The van der Waals surface area contributed by atoms with Crippen LogP contribution in [0.15, 0.2) is 64.2 Å². The molecule has 1 atom stereocenters. The van der Waals surface area contributed by atoms with Crippen LogP contribution in [0.5, 0.6) is 5.75 Å². The van der Waals surface area contributed by atoms with Gasteiger partial charge < -0.3 is 20.8 Å². The molecule has 0 aliphatic rings. The predicted octanol–water partition coefficient (Wildman–Crippen LogP) is 1.51. The molecule has 1 aromatic heterocycles. The number of carbonyl (C=O) groups is 1. The highest BCUT2D eigenvalue weighted by Gasteiger charge is 2.16. The molecule has 3 rings (SSSR count). The third-order valence-corrected chi connectivity index (χ3v) is 4.03. The minimum atomic E-state index is -0.810. The van der Waals surface area contributed by atoms with E-state index >= 15 is 0 Å². The van der Waals surface area contributed by atoms with E-state index in [0.29, 0.717) is 5.75 Å². The van der Waals surface area contributed by atoms with E-state index in [9.17, 15) is 14.4 Å². The van der Waals surface area contributed by atoms with Crippen molar-refractivity contribution in [3.8, 4) is 16.9 Å². The van der Waals surface area contributed by atoms with Crippen molar-refractivity contribution >= 4 is 11.6 Å². The van der Waals surface area contributed by atoms with Crippen LogP contribution in [-0.4, -0.2) is 28.5 Å². The van der Waals surface area contributed by atoms with Gasteiger partial charge in [0.05, 0.1) is 6.04 Å². The maximum absolute atomic E-state index is 12.3. The Hall–Kier alpha value is -3.81. The molecule has 8 heteroatoms. The Balaban J connectivity index is 1.63. The summed E-state index contributed by atoms with van der Waals surface area (Å²) in [5, 5.41) is 2.64. The van der Waals surface area contributed by atoms with Gasteiger partial charge in [-0.15, -0.1) is 0 Å². The van der Waals surface area contributed by atoms with Gasteiger partial charge in [-0.3, -0.25) is 14.6 Å². The lowest BCUT2D eigenvalue weighted by Gasteiger charge is -2.16. The number of aromatic amines is 2. The molecule has 0 spiro atoms. The summed E-state index contributed by atoms with van der Waals surface area (Å²) in [6, 6.07) is 17.1. The normalized spacial score (nSPS) is 11.6. The first-order chi connectivity index (χ1) is 13.4. The van der Waals surface area contributed by atoms with E-state index in [4.69, 9.17) is 10.5 Å². The SMILES string of the molecule is CC(COc1cccc(-c2ccccc2)c1)NC(=O)c1[nH]c(=O)[nH]c(=O)c1N. The van der Waals surface area contributed by atoms with Gasteiger partial charge in [-0.1, -0.05) is 42.5 Å². The monoisotopic (exact) mass is 380 g/mol. The van der Waals surface area contributed by atoms with Crippen LogP contribution < -0.4 is 27.0 Å². The van der Waals surface area contributed by atoms with Crippen LogP contribution in [0.3, 0.4) is 0 Å². The molecular formula is C20H20N4O4. The van der Waals surface area contributed by atoms with Gasteiger partial charge in [-0.05, 0) is 30.2 Å². The molecule has 0 saturated heterocycles. The Morgan fingerprint density at radius 3 is 2.54 bits per heavy atom. The number of hydrogen-bond acceptors (Lipinski definition) is 5. The highest BCUT2D eigenvalue weighted by molar-refractivity contribution is 5.96. The number of hydrogen-bond donors (Lipinski definition) is 4. The molecule has 0 aliphatic heterocycles. The van der Waals surface area contributed by atoms with Crippen LogP contribution in [0.4, 0.5) is 5.69 Å². The highest BCUT2D eigenvalue weighted by Crippen LogP contribution is 2.23. The number of amides is 1. The average molecular weight is 380 g/mol. The molecule has 0 saturated carbocycles. The van der Waals surface area contributed by atoms with Crippen molar-refractivity contribution in [2.75, 3.05) is 12.3 Å². The zero-order valence-electron chi connectivity index (χ0n) is 15.2. The number of nitrogen functional groups attached to an aromatic ring is 1. The van der Waals surface area contributed by atoms with Crippen molar-refractivity contribution in [2.24, 2.45) is 0 Å². The topological polar surface area (TPSA) is 130 Å². The predicted molar refractivity (Wildman–Crippen MR) is 106 cm³/mol. The van der Waals surface area contributed by atoms with Gasteiger partial charge in [-0.2, -0.15) is 0 Å². The van der Waals surface area contributed by atoms with Crippen LogP contribution in [-0.2, 0) is 0 Å². The lowest BCUT2D eigenvalue weighted by atomic mass is 10.1. The largest absolute Gasteiger partial charge is 0.491 e. The number of rotatable bonds is 6. The Kier molecular flexibility index (Phi) is 5.59. The van der Waals surface area contributed by atoms with Crippen LogP contribution in [0.25, 0.3) is 11.1 Å². The van der Waals surface area contributed by atoms with Crippen molar-refractivity contribution in [3.05, 3.63) is 81.1 Å². The van der Waals surface area contributed by atoms with Gasteiger partial charge in [0.25, 0.3) is 11.5 Å². The number of aromatic nitrogens is 2. The number of ether oxygens (including phenoxy) is 1. The maximum atomic E-state index is 12.3. The minimum Gasteiger partial charge on any atom is -0.491 e. The lowest BCUT2D eigenvalue weighted by molar-refractivity contribution is 0.0922. The fourth-order valence-corrected chi connectivity index (χ4v) is 2.63. The van der Waals surface area contributed by atoms with E-state index < -0.39 is 23.2 Å². The standard InChI is InChI=1S/C20H20N4O4/c1-12(22-19(26)17-16(21)18(25)24-20(27)23-17)11-28-15-9-5-8-14(10-15)13-6-3-2-4-7-13/h2-10,12H,11,21H2,1H3,(H,22,26)(H2,23,24,25,27). The van der Waals surface area contributed by atoms with Gasteiger partial charge in [0.2, 0.25) is 0 Å². The van der Waals surface area contributed by atoms with Gasteiger partial charge in [-0.25, -0.2) is 4.79 Å². The van der Waals surface area contributed by atoms with Crippen molar-refractivity contribution < 1.29 is 9.53 Å². The van der Waals surface area contributed by atoms with E-state index in [1.807, 2.05) is 59.6 Å². The van der Waals surface area contributed by atoms with E-state index in [-0.39, 0.29) is 18.0 Å². The Morgan fingerprint density at radius 2 is 1.79 bits per heavy atom. The molecule has 5 N–H and O–H groups in total. The quantitative estimate of drug-likeness (QED) is 0.515. The Morgan fingerprint density at radius 1 is 1.07 bits per heavy atom. The van der Waals surface area contributed by atoms with E-state index in [2.05, 4.69) is 10.3 Å². The molecule has 2 aromatic carbocycles. The van der Waals surface area contributed by atoms with E-state index in [1.165, 1.54) is 0 Å². The summed E-state index contributed by atoms with van der Waals surface area (Å²) in [5.74, 6) is 0.00126. The second kappa shape index (κ2) is 8.26. The van der Waals surface area contributed by atoms with Crippen LogP contribution in [0.2, 0.25) is 0 Å². The van der Waals surface area contributed by atoms with Gasteiger partial charge >= 0.3 is 5.69 Å². The van der Waals surface area contributed by atoms with Gasteiger partial charge in [0, 0.05) is 0 Å². The molecule has 3 aromatic rings. The summed E-state index contributed by atoms with van der Waals surface area (Å²) >= 11 is 0. The number of anilines is 1. The molecule has 0 bridgehead atoms. The molecule has 1 heterocycles. The number of benzene rings is 2. The maximum Gasteiger partial charge on any atom is 0.326 e. The molecule has 1 amide bonds. The summed E-state index contributed by atoms with van der Waals surface area (Å²) in [5.41, 5.74) is 5.42. The van der Waals surface area contributed by atoms with Crippen LogP contribution >= 0.6 is 0 Å². The average Bonchev–Trinajstić information content (AvgIpc) is 2.70.